The van der Waals surface area contributed by atoms with E-state index >= 15 is 0 Å². The van der Waals surface area contributed by atoms with Crippen LogP contribution >= 0.6 is 0 Å². The van der Waals surface area contributed by atoms with Crippen molar-refractivity contribution in [3.05, 3.63) is 77.4 Å². The lowest BCUT2D eigenvalue weighted by molar-refractivity contribution is 0.289. The Labute approximate surface area is 201 Å². The second kappa shape index (κ2) is 11.1. The Morgan fingerprint density at radius 1 is 1.03 bits per heavy atom. The lowest BCUT2D eigenvalue weighted by Gasteiger charge is -2.21. The largest absolute Gasteiger partial charge is 0.496 e. The Bertz CT molecular complexity index is 1130. The van der Waals surface area contributed by atoms with Crippen LogP contribution in [0.4, 0.5) is 0 Å². The Kier molecular flexibility index (Phi) is 7.69. The minimum atomic E-state index is 0.269. The van der Waals surface area contributed by atoms with Gasteiger partial charge in [-0.2, -0.15) is 5.26 Å². The van der Waals surface area contributed by atoms with Gasteiger partial charge in [-0.1, -0.05) is 48.5 Å². The number of methoxy groups -OCH3 is 2. The van der Waals surface area contributed by atoms with E-state index in [4.69, 9.17) is 14.2 Å². The third kappa shape index (κ3) is 5.17. The van der Waals surface area contributed by atoms with Crippen molar-refractivity contribution in [2.45, 2.75) is 25.6 Å². The van der Waals surface area contributed by atoms with Crippen LogP contribution in [0.2, 0.25) is 0 Å². The van der Waals surface area contributed by atoms with E-state index in [-0.39, 0.29) is 6.61 Å². The Balaban J connectivity index is 1.55. The first-order valence-corrected chi connectivity index (χ1v) is 11.5. The van der Waals surface area contributed by atoms with Crippen LogP contribution in [0.25, 0.3) is 11.1 Å². The van der Waals surface area contributed by atoms with Crippen LogP contribution in [-0.4, -0.2) is 45.3 Å². The molecule has 0 saturated carbocycles. The van der Waals surface area contributed by atoms with Crippen LogP contribution < -0.4 is 19.5 Å². The fourth-order valence-electron chi connectivity index (χ4n) is 4.51. The summed E-state index contributed by atoms with van der Waals surface area (Å²) in [5.41, 5.74) is 4.38. The summed E-state index contributed by atoms with van der Waals surface area (Å²) in [6.07, 6.45) is 1.13. The van der Waals surface area contributed by atoms with Gasteiger partial charge in [-0.3, -0.25) is 4.90 Å². The molecule has 1 saturated heterocycles. The van der Waals surface area contributed by atoms with Crippen LogP contribution in [0.3, 0.4) is 0 Å². The van der Waals surface area contributed by atoms with Crippen LogP contribution in [0.5, 0.6) is 17.2 Å². The third-order valence-corrected chi connectivity index (χ3v) is 6.39. The molecular weight excluding hydrogens is 426 g/mol. The lowest BCUT2D eigenvalue weighted by atomic mass is 9.96. The summed E-state index contributed by atoms with van der Waals surface area (Å²) in [5.74, 6) is 2.11. The first kappa shape index (κ1) is 23.6. The van der Waals surface area contributed by atoms with Gasteiger partial charge in [0, 0.05) is 43.4 Å². The van der Waals surface area contributed by atoms with Gasteiger partial charge >= 0.3 is 0 Å². The zero-order valence-corrected chi connectivity index (χ0v) is 20.0. The zero-order chi connectivity index (χ0) is 23.9. The summed E-state index contributed by atoms with van der Waals surface area (Å²) in [4.78, 5) is 2.40. The molecular formula is C28H31N3O3. The molecule has 3 aromatic carbocycles. The van der Waals surface area contributed by atoms with E-state index < -0.39 is 0 Å². The summed E-state index contributed by atoms with van der Waals surface area (Å²) < 4.78 is 17.6. The van der Waals surface area contributed by atoms with E-state index in [0.717, 1.165) is 59.8 Å². The average Bonchev–Trinajstić information content (AvgIpc) is 3.35. The number of benzene rings is 3. The van der Waals surface area contributed by atoms with Gasteiger partial charge < -0.3 is 19.5 Å². The molecule has 0 aromatic heterocycles. The monoisotopic (exact) mass is 457 g/mol. The molecule has 0 bridgehead atoms. The fraction of sp³-hybridized carbons (Fsp3) is 0.321. The molecule has 0 spiro atoms. The highest BCUT2D eigenvalue weighted by molar-refractivity contribution is 5.72. The average molecular weight is 458 g/mol. The molecule has 6 heteroatoms. The number of nitrogens with one attached hydrogen (secondary N) is 1. The molecule has 176 valence electrons. The third-order valence-electron chi connectivity index (χ3n) is 6.39. The highest BCUT2D eigenvalue weighted by Gasteiger charge is 2.24. The van der Waals surface area contributed by atoms with Crippen LogP contribution in [0.1, 0.15) is 23.1 Å². The molecule has 34 heavy (non-hydrogen) atoms. The molecule has 6 nitrogen and oxygen atoms in total. The number of hydrogen-bond donors (Lipinski definition) is 1. The van der Waals surface area contributed by atoms with Gasteiger partial charge in [-0.05, 0) is 24.6 Å². The smallest absolute Gasteiger partial charge is 0.130 e. The van der Waals surface area contributed by atoms with Gasteiger partial charge in [0.05, 0.1) is 25.3 Å². The number of nitriles is 1. The van der Waals surface area contributed by atoms with E-state index in [1.807, 2.05) is 67.7 Å². The molecule has 1 N–H and O–H groups in total. The summed E-state index contributed by atoms with van der Waals surface area (Å²) in [7, 11) is 5.34. The van der Waals surface area contributed by atoms with Gasteiger partial charge in [-0.25, -0.2) is 0 Å². The van der Waals surface area contributed by atoms with Crippen LogP contribution in [0, 0.1) is 11.3 Å². The van der Waals surface area contributed by atoms with Gasteiger partial charge in [-0.15, -0.1) is 0 Å². The Morgan fingerprint density at radius 2 is 1.76 bits per heavy atom. The first-order valence-electron chi connectivity index (χ1n) is 11.5. The number of likely N-dealkylation sites (N-methyl/N-ethyl adjacent to an activating group) is 1. The number of ether oxygens (including phenoxy) is 3. The molecule has 0 radical (unpaired) electrons. The maximum Gasteiger partial charge on any atom is 0.130 e. The summed E-state index contributed by atoms with van der Waals surface area (Å²) in [6, 6.07) is 22.5. The first-order chi connectivity index (χ1) is 16.7. The molecule has 1 fully saturated rings. The second-order valence-corrected chi connectivity index (χ2v) is 8.42. The topological polar surface area (TPSA) is 66.8 Å². The summed E-state index contributed by atoms with van der Waals surface area (Å²) in [5, 5.41) is 13.2. The van der Waals surface area contributed by atoms with E-state index in [0.29, 0.717) is 17.4 Å². The molecule has 1 heterocycles. The molecule has 0 amide bonds. The van der Waals surface area contributed by atoms with Gasteiger partial charge in [0.15, 0.2) is 0 Å². The van der Waals surface area contributed by atoms with E-state index in [1.54, 1.807) is 14.2 Å². The maximum absolute atomic E-state index is 9.88. The molecule has 3 aromatic rings. The maximum atomic E-state index is 9.88. The Hall–Kier alpha value is -3.53. The summed E-state index contributed by atoms with van der Waals surface area (Å²) >= 11 is 0. The second-order valence-electron chi connectivity index (χ2n) is 8.42. The van der Waals surface area contributed by atoms with E-state index in [1.165, 1.54) is 0 Å². The molecule has 4 rings (SSSR count). The van der Waals surface area contributed by atoms with E-state index in [9.17, 15) is 5.26 Å². The van der Waals surface area contributed by atoms with Crippen molar-refractivity contribution in [1.29, 1.82) is 5.26 Å². The standard InChI is InChI=1S/C28H31N3O3/c1-30-22-12-13-31(17-22)18-26-27(32-2)14-23(15-28(26)33-3)34-19-21-10-7-11-24(25(21)16-29)20-8-5-4-6-9-20/h4-11,14-15,22,30H,12-13,17-19H2,1-3H3/t22-/m0/s1. The molecule has 1 aliphatic rings. The predicted molar refractivity (Wildman–Crippen MR) is 133 cm³/mol. The number of rotatable bonds is 9. The van der Waals surface area contributed by atoms with Crippen molar-refractivity contribution < 1.29 is 14.2 Å². The van der Waals surface area contributed by atoms with Crippen molar-refractivity contribution in [1.82, 2.24) is 10.2 Å². The highest BCUT2D eigenvalue weighted by Crippen LogP contribution is 2.36. The highest BCUT2D eigenvalue weighted by atomic mass is 16.5. The van der Waals surface area contributed by atoms with E-state index in [2.05, 4.69) is 16.3 Å². The lowest BCUT2D eigenvalue weighted by Crippen LogP contribution is -2.29. The number of likely N-dealkylation sites (tertiary alicyclic amines) is 1. The molecule has 0 aliphatic carbocycles. The molecule has 0 unspecified atom stereocenters. The van der Waals surface area contributed by atoms with Crippen molar-refractivity contribution in [3.63, 3.8) is 0 Å². The SMILES string of the molecule is CN[C@H]1CCN(Cc2c(OC)cc(OCc3cccc(-c4ccccc4)c3C#N)cc2OC)C1. The van der Waals surface area contributed by atoms with Crippen molar-refractivity contribution >= 4 is 0 Å². The molecule has 1 atom stereocenters. The van der Waals surface area contributed by atoms with Crippen molar-refractivity contribution in [2.75, 3.05) is 34.4 Å². The molecule has 1 aliphatic heterocycles. The minimum absolute atomic E-state index is 0.269. The minimum Gasteiger partial charge on any atom is -0.496 e. The van der Waals surface area contributed by atoms with Crippen molar-refractivity contribution in [2.24, 2.45) is 0 Å². The summed E-state index contributed by atoms with van der Waals surface area (Å²) in [6.45, 7) is 3.05. The van der Waals surface area contributed by atoms with Gasteiger partial charge in [0.25, 0.3) is 0 Å². The Morgan fingerprint density at radius 3 is 2.38 bits per heavy atom. The zero-order valence-electron chi connectivity index (χ0n) is 20.0. The number of hydrogen-bond acceptors (Lipinski definition) is 6. The van der Waals surface area contributed by atoms with Crippen LogP contribution in [-0.2, 0) is 13.2 Å². The normalized spacial score (nSPS) is 15.6. The predicted octanol–water partition coefficient (Wildman–Crippen LogP) is 4.62. The quantitative estimate of drug-likeness (QED) is 0.506. The van der Waals surface area contributed by atoms with Gasteiger partial charge in [0.1, 0.15) is 29.9 Å². The van der Waals surface area contributed by atoms with Crippen LogP contribution in [0.15, 0.2) is 60.7 Å². The fourth-order valence-corrected chi connectivity index (χ4v) is 4.51. The number of nitrogens with zero attached hydrogens (tertiary/aromatic N) is 2. The van der Waals surface area contributed by atoms with Crippen molar-refractivity contribution in [3.8, 4) is 34.4 Å². The van der Waals surface area contributed by atoms with Gasteiger partial charge in [0.2, 0.25) is 0 Å².